The first-order valence-electron chi connectivity index (χ1n) is 9.59. The number of hydrogen-bond donors (Lipinski definition) is 3. The molecule has 1 aliphatic rings. The van der Waals surface area contributed by atoms with Gasteiger partial charge in [0.2, 0.25) is 5.91 Å². The van der Waals surface area contributed by atoms with Crippen LogP contribution in [-0.4, -0.2) is 30.5 Å². The second kappa shape index (κ2) is 10.1. The predicted molar refractivity (Wildman–Crippen MR) is 103 cm³/mol. The summed E-state index contributed by atoms with van der Waals surface area (Å²) in [6, 6.07) is 9.47. The number of nitrogens with zero attached hydrogens (tertiary/aromatic N) is 1. The Morgan fingerprint density at radius 2 is 1.93 bits per heavy atom. The van der Waals surface area contributed by atoms with Crippen LogP contribution < -0.4 is 16.0 Å². The first-order chi connectivity index (χ1) is 13.2. The Morgan fingerprint density at radius 3 is 2.67 bits per heavy atom. The van der Waals surface area contributed by atoms with E-state index in [1.807, 2.05) is 12.1 Å². The van der Waals surface area contributed by atoms with E-state index in [1.165, 1.54) is 6.07 Å². The zero-order valence-corrected chi connectivity index (χ0v) is 15.5. The average Bonchev–Trinajstić information content (AvgIpc) is 2.72. The molecule has 3 N–H and O–H groups in total. The lowest BCUT2D eigenvalue weighted by atomic mass is 9.94. The molecule has 1 amide bonds. The summed E-state index contributed by atoms with van der Waals surface area (Å²) < 4.78 is 14.3. The summed E-state index contributed by atoms with van der Waals surface area (Å²) in [5, 5.41) is 9.54. The third-order valence-corrected chi connectivity index (χ3v) is 5.05. The van der Waals surface area contributed by atoms with E-state index in [0.717, 1.165) is 37.9 Å². The van der Waals surface area contributed by atoms with Crippen molar-refractivity contribution in [3.05, 3.63) is 65.7 Å². The summed E-state index contributed by atoms with van der Waals surface area (Å²) >= 11 is 0. The monoisotopic (exact) mass is 370 g/mol. The summed E-state index contributed by atoms with van der Waals surface area (Å²) in [4.78, 5) is 16.8. The molecule has 1 fully saturated rings. The van der Waals surface area contributed by atoms with Gasteiger partial charge in [-0.3, -0.25) is 9.78 Å². The number of piperidine rings is 1. The van der Waals surface area contributed by atoms with Gasteiger partial charge >= 0.3 is 0 Å². The molecule has 27 heavy (non-hydrogen) atoms. The molecule has 0 spiro atoms. The van der Waals surface area contributed by atoms with Crippen molar-refractivity contribution in [2.24, 2.45) is 5.92 Å². The number of carbonyl (C=O) groups is 1. The van der Waals surface area contributed by atoms with Crippen LogP contribution in [0.5, 0.6) is 0 Å². The number of nitrogens with one attached hydrogen (secondary N) is 3. The summed E-state index contributed by atoms with van der Waals surface area (Å²) in [6.07, 6.45) is 6.67. The van der Waals surface area contributed by atoms with E-state index in [9.17, 15) is 9.18 Å². The highest BCUT2D eigenvalue weighted by molar-refractivity contribution is 5.83. The number of amides is 1. The van der Waals surface area contributed by atoms with Crippen LogP contribution in [0.3, 0.4) is 0 Å². The van der Waals surface area contributed by atoms with Crippen LogP contribution in [0.2, 0.25) is 0 Å². The van der Waals surface area contributed by atoms with E-state index in [4.69, 9.17) is 0 Å². The van der Waals surface area contributed by atoms with E-state index >= 15 is 0 Å². The van der Waals surface area contributed by atoms with Crippen LogP contribution in [0.25, 0.3) is 0 Å². The number of halogens is 1. The molecular formula is C21H27FN4O. The van der Waals surface area contributed by atoms with Crippen molar-refractivity contribution in [3.63, 3.8) is 0 Å². The Morgan fingerprint density at radius 1 is 1.19 bits per heavy atom. The lowest BCUT2D eigenvalue weighted by molar-refractivity contribution is -0.123. The Labute approximate surface area is 159 Å². The first kappa shape index (κ1) is 19.5. The SMILES string of the molecule is O=C(NCc1ccncc1)C(NCCC1CCNCC1)c1ccccc1F. The molecule has 1 aromatic heterocycles. The number of hydrogen-bond acceptors (Lipinski definition) is 4. The van der Waals surface area contributed by atoms with E-state index < -0.39 is 6.04 Å². The molecule has 144 valence electrons. The van der Waals surface area contributed by atoms with Crippen LogP contribution >= 0.6 is 0 Å². The van der Waals surface area contributed by atoms with Crippen molar-refractivity contribution in [1.82, 2.24) is 20.9 Å². The summed E-state index contributed by atoms with van der Waals surface area (Å²) in [6.45, 7) is 3.18. The predicted octanol–water partition coefficient (Wildman–Crippen LogP) is 2.56. The highest BCUT2D eigenvalue weighted by Gasteiger charge is 2.23. The third kappa shape index (κ3) is 5.84. The fraction of sp³-hybridized carbons (Fsp3) is 0.429. The molecule has 1 aliphatic heterocycles. The molecule has 0 radical (unpaired) electrons. The molecule has 1 aromatic carbocycles. The van der Waals surface area contributed by atoms with Gasteiger partial charge in [-0.2, -0.15) is 0 Å². The smallest absolute Gasteiger partial charge is 0.242 e. The largest absolute Gasteiger partial charge is 0.350 e. The maximum Gasteiger partial charge on any atom is 0.242 e. The molecule has 1 atom stereocenters. The molecule has 1 unspecified atom stereocenters. The summed E-state index contributed by atoms with van der Waals surface area (Å²) in [7, 11) is 0. The van der Waals surface area contributed by atoms with Gasteiger partial charge in [-0.1, -0.05) is 18.2 Å². The number of carbonyl (C=O) groups excluding carboxylic acids is 1. The van der Waals surface area contributed by atoms with Gasteiger partial charge in [0.25, 0.3) is 0 Å². The Hall–Kier alpha value is -2.31. The molecule has 2 heterocycles. The van der Waals surface area contributed by atoms with Gasteiger partial charge in [-0.25, -0.2) is 4.39 Å². The van der Waals surface area contributed by atoms with Gasteiger partial charge in [0, 0.05) is 24.5 Å². The fourth-order valence-corrected chi connectivity index (χ4v) is 3.45. The van der Waals surface area contributed by atoms with Crippen molar-refractivity contribution in [2.45, 2.75) is 31.8 Å². The van der Waals surface area contributed by atoms with Crippen LogP contribution in [-0.2, 0) is 11.3 Å². The Kier molecular flexibility index (Phi) is 7.30. The molecule has 1 saturated heterocycles. The molecule has 0 aliphatic carbocycles. The van der Waals surface area contributed by atoms with Crippen LogP contribution in [0, 0.1) is 11.7 Å². The summed E-state index contributed by atoms with van der Waals surface area (Å²) in [5.74, 6) is 0.0676. The van der Waals surface area contributed by atoms with E-state index in [2.05, 4.69) is 20.9 Å². The van der Waals surface area contributed by atoms with Crippen molar-refractivity contribution in [3.8, 4) is 0 Å². The molecule has 5 nitrogen and oxygen atoms in total. The number of benzene rings is 1. The highest BCUT2D eigenvalue weighted by Crippen LogP contribution is 2.19. The first-order valence-corrected chi connectivity index (χ1v) is 9.59. The van der Waals surface area contributed by atoms with E-state index in [-0.39, 0.29) is 11.7 Å². The highest BCUT2D eigenvalue weighted by atomic mass is 19.1. The zero-order chi connectivity index (χ0) is 18.9. The molecule has 3 rings (SSSR count). The molecule has 0 saturated carbocycles. The lowest BCUT2D eigenvalue weighted by Crippen LogP contribution is -2.39. The van der Waals surface area contributed by atoms with Gasteiger partial charge in [0.05, 0.1) is 0 Å². The standard InChI is InChI=1S/C21H27FN4O/c22-19-4-2-1-3-18(19)20(25-14-9-16-5-10-23-11-6-16)21(27)26-15-17-7-12-24-13-8-17/h1-4,7-8,12-13,16,20,23,25H,5-6,9-11,14-15H2,(H,26,27). The minimum Gasteiger partial charge on any atom is -0.350 e. The average molecular weight is 370 g/mol. The van der Waals surface area contributed by atoms with Gasteiger partial charge in [-0.15, -0.1) is 0 Å². The maximum absolute atomic E-state index is 14.3. The second-order valence-corrected chi connectivity index (χ2v) is 6.96. The number of pyridine rings is 1. The van der Waals surface area contributed by atoms with Crippen molar-refractivity contribution < 1.29 is 9.18 Å². The summed E-state index contributed by atoms with van der Waals surface area (Å²) in [5.41, 5.74) is 1.34. The Bertz CT molecular complexity index is 719. The second-order valence-electron chi connectivity index (χ2n) is 6.96. The molecule has 6 heteroatoms. The molecule has 2 aromatic rings. The van der Waals surface area contributed by atoms with Crippen LogP contribution in [0.4, 0.5) is 4.39 Å². The maximum atomic E-state index is 14.3. The topological polar surface area (TPSA) is 66.0 Å². The number of rotatable bonds is 8. The van der Waals surface area contributed by atoms with Crippen LogP contribution in [0.1, 0.15) is 36.4 Å². The zero-order valence-electron chi connectivity index (χ0n) is 15.5. The van der Waals surface area contributed by atoms with E-state index in [1.54, 1.807) is 30.6 Å². The Balaban J connectivity index is 1.61. The minimum atomic E-state index is -0.699. The quantitative estimate of drug-likeness (QED) is 0.668. The van der Waals surface area contributed by atoms with Gasteiger partial charge < -0.3 is 16.0 Å². The van der Waals surface area contributed by atoms with Gasteiger partial charge in [0.1, 0.15) is 11.9 Å². The van der Waals surface area contributed by atoms with Crippen molar-refractivity contribution in [1.29, 1.82) is 0 Å². The number of aromatic nitrogens is 1. The molecular weight excluding hydrogens is 343 g/mol. The van der Waals surface area contributed by atoms with Crippen molar-refractivity contribution >= 4 is 5.91 Å². The van der Waals surface area contributed by atoms with Gasteiger partial charge in [0.15, 0.2) is 0 Å². The van der Waals surface area contributed by atoms with Crippen LogP contribution in [0.15, 0.2) is 48.8 Å². The van der Waals surface area contributed by atoms with Gasteiger partial charge in [-0.05, 0) is 68.6 Å². The fourth-order valence-electron chi connectivity index (χ4n) is 3.45. The van der Waals surface area contributed by atoms with Crippen molar-refractivity contribution in [2.75, 3.05) is 19.6 Å². The normalized spacial score (nSPS) is 16.0. The minimum absolute atomic E-state index is 0.220. The molecule has 0 bridgehead atoms. The third-order valence-electron chi connectivity index (χ3n) is 5.05. The van der Waals surface area contributed by atoms with E-state index in [0.29, 0.717) is 24.6 Å². The lowest BCUT2D eigenvalue weighted by Gasteiger charge is -2.24.